The highest BCUT2D eigenvalue weighted by molar-refractivity contribution is 6.55. The summed E-state index contributed by atoms with van der Waals surface area (Å²) in [7, 11) is -1.54. The van der Waals surface area contributed by atoms with Crippen LogP contribution in [0.15, 0.2) is 12.1 Å². The topological polar surface area (TPSA) is 44.8 Å². The zero-order chi connectivity index (χ0) is 18.7. The first-order valence-electron chi connectivity index (χ1n) is 8.41. The number of aldehydes is 1. The molecule has 4 nitrogen and oxygen atoms in total. The second-order valence-corrected chi connectivity index (χ2v) is 14.9. The van der Waals surface area contributed by atoms with Gasteiger partial charge in [-0.3, -0.25) is 4.79 Å². The smallest absolute Gasteiger partial charge is 0.238 e. The molecular formula is C18H32O4Si2. The Morgan fingerprint density at radius 3 is 1.71 bits per heavy atom. The molecule has 0 aliphatic carbocycles. The molecule has 2 unspecified atom stereocenters. The molecule has 0 fully saturated rings. The zero-order valence-electron chi connectivity index (χ0n) is 16.5. The van der Waals surface area contributed by atoms with E-state index in [4.69, 9.17) is 13.6 Å². The Kier molecular flexibility index (Phi) is 6.70. The summed E-state index contributed by atoms with van der Waals surface area (Å²) in [6.07, 6.45) is 0.828. The van der Waals surface area contributed by atoms with Crippen molar-refractivity contribution < 1.29 is 18.4 Å². The molecule has 0 saturated heterocycles. The van der Waals surface area contributed by atoms with Crippen LogP contribution in [0.4, 0.5) is 0 Å². The first-order chi connectivity index (χ1) is 10.9. The summed E-state index contributed by atoms with van der Waals surface area (Å²) >= 11 is 0. The van der Waals surface area contributed by atoms with Crippen molar-refractivity contribution in [3.63, 3.8) is 0 Å². The van der Waals surface area contributed by atoms with Crippen molar-refractivity contribution >= 4 is 24.4 Å². The van der Waals surface area contributed by atoms with Crippen molar-refractivity contribution in [3.8, 4) is 17.2 Å². The van der Waals surface area contributed by atoms with E-state index in [1.54, 1.807) is 19.2 Å². The van der Waals surface area contributed by atoms with Gasteiger partial charge in [-0.25, -0.2) is 0 Å². The third-order valence-electron chi connectivity index (χ3n) is 4.48. The van der Waals surface area contributed by atoms with E-state index in [9.17, 15) is 4.79 Å². The molecule has 0 spiro atoms. The third kappa shape index (κ3) is 5.11. The Morgan fingerprint density at radius 1 is 0.875 bits per heavy atom. The molecule has 24 heavy (non-hydrogen) atoms. The molecule has 0 amide bonds. The summed E-state index contributed by atoms with van der Waals surface area (Å²) in [5, 5.41) is 0.167. The van der Waals surface area contributed by atoms with E-state index in [0.29, 0.717) is 22.8 Å². The molecule has 0 aromatic heterocycles. The summed E-state index contributed by atoms with van der Waals surface area (Å²) in [6, 6.07) is 3.51. The minimum atomic E-state index is -1.59. The van der Waals surface area contributed by atoms with Crippen molar-refractivity contribution in [2.45, 2.75) is 64.7 Å². The average molecular weight is 369 g/mol. The number of hydrogen-bond acceptors (Lipinski definition) is 4. The Bertz CT molecular complexity index is 574. The predicted molar refractivity (Wildman–Crippen MR) is 105 cm³/mol. The van der Waals surface area contributed by atoms with Crippen LogP contribution in [0.3, 0.4) is 0 Å². The van der Waals surface area contributed by atoms with Gasteiger partial charge < -0.3 is 13.6 Å². The van der Waals surface area contributed by atoms with Gasteiger partial charge in [0.1, 0.15) is 0 Å². The lowest BCUT2D eigenvalue weighted by Gasteiger charge is -2.31. The molecule has 0 bridgehead atoms. The Labute approximate surface area is 150 Å². The van der Waals surface area contributed by atoms with Crippen molar-refractivity contribution in [2.24, 2.45) is 0 Å². The van der Waals surface area contributed by atoms with Gasteiger partial charge in [0.05, 0.1) is 12.7 Å². The maximum atomic E-state index is 11.5. The first kappa shape index (κ1) is 20.8. The SMILES string of the molecule is COc1ccc(C=O)c(O[SiH](C)C(C)(C)C)c1O[SiH](C)C(C)(C)C. The van der Waals surface area contributed by atoms with Gasteiger partial charge in [0.25, 0.3) is 0 Å². The number of hydrogen-bond donors (Lipinski definition) is 0. The van der Waals surface area contributed by atoms with Crippen LogP contribution in [0.2, 0.25) is 23.2 Å². The molecular weight excluding hydrogens is 336 g/mol. The molecule has 1 aromatic rings. The fourth-order valence-electron chi connectivity index (χ4n) is 1.75. The van der Waals surface area contributed by atoms with E-state index >= 15 is 0 Å². The summed E-state index contributed by atoms with van der Waals surface area (Å²) in [4.78, 5) is 11.5. The van der Waals surface area contributed by atoms with Gasteiger partial charge in [-0.15, -0.1) is 0 Å². The molecule has 0 aliphatic heterocycles. The van der Waals surface area contributed by atoms with Gasteiger partial charge in [0, 0.05) is 0 Å². The van der Waals surface area contributed by atoms with Gasteiger partial charge in [-0.05, 0) is 35.3 Å². The van der Waals surface area contributed by atoms with Crippen LogP contribution in [0.25, 0.3) is 0 Å². The molecule has 136 valence electrons. The van der Waals surface area contributed by atoms with Crippen molar-refractivity contribution in [1.29, 1.82) is 0 Å². The molecule has 6 heteroatoms. The third-order valence-corrected chi connectivity index (χ3v) is 10.5. The van der Waals surface area contributed by atoms with Crippen LogP contribution in [0.1, 0.15) is 51.9 Å². The van der Waals surface area contributed by atoms with E-state index in [2.05, 4.69) is 54.6 Å². The van der Waals surface area contributed by atoms with Crippen LogP contribution in [-0.4, -0.2) is 31.5 Å². The number of rotatable bonds is 6. The number of carbonyl (C=O) groups excluding carboxylic acids is 1. The Hall–Kier alpha value is -1.28. The number of ether oxygens (including phenoxy) is 1. The molecule has 0 N–H and O–H groups in total. The molecule has 0 heterocycles. The van der Waals surface area contributed by atoms with Crippen molar-refractivity contribution in [2.75, 3.05) is 7.11 Å². The van der Waals surface area contributed by atoms with Gasteiger partial charge in [-0.1, -0.05) is 41.5 Å². The quantitative estimate of drug-likeness (QED) is 0.545. The summed E-state index contributed by atoms with van der Waals surface area (Å²) in [5.74, 6) is 1.75. The summed E-state index contributed by atoms with van der Waals surface area (Å²) in [5.41, 5.74) is 0.518. The van der Waals surface area contributed by atoms with E-state index in [0.717, 1.165) is 6.29 Å². The standard InChI is InChI=1S/C18H32O4Si2/c1-17(2,3)23(8)21-15-13(12-19)10-11-14(20-7)16(15)22-24(9)18(4,5)6/h10-12,23-24H,1-9H3. The minimum Gasteiger partial charge on any atom is -0.543 e. The molecule has 0 saturated carbocycles. The maximum absolute atomic E-state index is 11.5. The fourth-order valence-corrected chi connectivity index (χ4v) is 3.63. The Morgan fingerprint density at radius 2 is 1.33 bits per heavy atom. The van der Waals surface area contributed by atoms with E-state index in [1.807, 2.05) is 0 Å². The zero-order valence-corrected chi connectivity index (χ0v) is 18.8. The number of methoxy groups -OCH3 is 1. The van der Waals surface area contributed by atoms with Crippen molar-refractivity contribution in [1.82, 2.24) is 0 Å². The average Bonchev–Trinajstić information content (AvgIpc) is 2.46. The van der Waals surface area contributed by atoms with Gasteiger partial charge >= 0.3 is 0 Å². The lowest BCUT2D eigenvalue weighted by Crippen LogP contribution is -2.32. The minimum absolute atomic E-state index is 0.0770. The highest BCUT2D eigenvalue weighted by atomic mass is 28.3. The molecule has 2 atom stereocenters. The van der Waals surface area contributed by atoms with E-state index in [1.165, 1.54) is 0 Å². The number of benzene rings is 1. The van der Waals surface area contributed by atoms with Gasteiger partial charge in [-0.2, -0.15) is 0 Å². The fraction of sp³-hybridized carbons (Fsp3) is 0.611. The van der Waals surface area contributed by atoms with Crippen LogP contribution in [0, 0.1) is 0 Å². The lowest BCUT2D eigenvalue weighted by atomic mass is 10.2. The Balaban J connectivity index is 3.39. The second-order valence-electron chi connectivity index (χ2n) is 8.39. The van der Waals surface area contributed by atoms with Gasteiger partial charge in [0.15, 0.2) is 23.5 Å². The highest BCUT2D eigenvalue weighted by Gasteiger charge is 2.31. The van der Waals surface area contributed by atoms with Crippen LogP contribution in [0.5, 0.6) is 17.2 Å². The second kappa shape index (κ2) is 7.74. The maximum Gasteiger partial charge on any atom is 0.238 e. The lowest BCUT2D eigenvalue weighted by molar-refractivity contribution is 0.112. The summed E-state index contributed by atoms with van der Waals surface area (Å²) < 4.78 is 18.1. The van der Waals surface area contributed by atoms with E-state index in [-0.39, 0.29) is 10.1 Å². The monoisotopic (exact) mass is 368 g/mol. The molecule has 1 aromatic carbocycles. The summed E-state index contributed by atoms with van der Waals surface area (Å²) in [6.45, 7) is 17.3. The number of carbonyl (C=O) groups is 1. The van der Waals surface area contributed by atoms with Gasteiger partial charge in [0.2, 0.25) is 18.1 Å². The predicted octanol–water partition coefficient (Wildman–Crippen LogP) is 4.57. The largest absolute Gasteiger partial charge is 0.543 e. The first-order valence-corrected chi connectivity index (χ1v) is 12.8. The van der Waals surface area contributed by atoms with E-state index < -0.39 is 18.1 Å². The molecule has 0 radical (unpaired) electrons. The van der Waals surface area contributed by atoms with Crippen LogP contribution in [-0.2, 0) is 0 Å². The van der Waals surface area contributed by atoms with Crippen LogP contribution < -0.4 is 13.6 Å². The molecule has 1 rings (SSSR count). The normalized spacial score (nSPS) is 14.7. The van der Waals surface area contributed by atoms with Crippen molar-refractivity contribution in [3.05, 3.63) is 17.7 Å². The van der Waals surface area contributed by atoms with Crippen LogP contribution >= 0.6 is 0 Å². The highest BCUT2D eigenvalue weighted by Crippen LogP contribution is 2.43. The molecule has 0 aliphatic rings.